The molecular formula is C14H21N5. The van der Waals surface area contributed by atoms with Crippen molar-refractivity contribution in [3.05, 3.63) is 30.0 Å². The molecule has 0 saturated carbocycles. The van der Waals surface area contributed by atoms with Gasteiger partial charge in [0.2, 0.25) is 0 Å². The van der Waals surface area contributed by atoms with Gasteiger partial charge in [-0.3, -0.25) is 4.99 Å². The van der Waals surface area contributed by atoms with Crippen LogP contribution in [0.2, 0.25) is 0 Å². The molecule has 0 saturated heterocycles. The van der Waals surface area contributed by atoms with Crippen LogP contribution < -0.4 is 10.6 Å². The Morgan fingerprint density at radius 3 is 2.84 bits per heavy atom. The topological polar surface area (TPSA) is 54.2 Å². The summed E-state index contributed by atoms with van der Waals surface area (Å²) in [6.07, 6.45) is 0. The molecule has 1 aromatic heterocycles. The molecule has 1 aliphatic heterocycles. The highest BCUT2D eigenvalue weighted by Crippen LogP contribution is 2.16. The van der Waals surface area contributed by atoms with E-state index in [1.54, 1.807) is 0 Å². The first-order chi connectivity index (χ1) is 9.34. The molecule has 2 N–H and O–H groups in total. The average Bonchev–Trinajstić information content (AvgIpc) is 3.08. The molecule has 102 valence electrons. The predicted octanol–water partition coefficient (Wildman–Crippen LogP) is 1.88. The second-order valence-corrected chi connectivity index (χ2v) is 4.09. The quantitative estimate of drug-likeness (QED) is 0.866. The Hall–Kier alpha value is -2.04. The van der Waals surface area contributed by atoms with E-state index < -0.39 is 0 Å². The van der Waals surface area contributed by atoms with Gasteiger partial charge in [-0.2, -0.15) is 5.10 Å². The number of aromatic nitrogens is 2. The Labute approximate surface area is 113 Å². The van der Waals surface area contributed by atoms with E-state index in [2.05, 4.69) is 32.9 Å². The Bertz CT molecular complexity index is 570. The standard InChI is InChI=1S/C12H15N5.C2H6/c1-9-10-4-2-3-5-11(10)17(16-9)8-15-12-13-6-7-14-12;1-2/h2-5H,6-8H2,1H3,(H2,13,14,15);1-2H3. The minimum atomic E-state index is 0.639. The maximum absolute atomic E-state index is 4.52. The van der Waals surface area contributed by atoms with Crippen molar-refractivity contribution in [2.45, 2.75) is 27.4 Å². The lowest BCUT2D eigenvalue weighted by Gasteiger charge is -2.07. The molecular weight excluding hydrogens is 238 g/mol. The number of aliphatic imine (C=N–C) groups is 1. The first kappa shape index (κ1) is 13.4. The van der Waals surface area contributed by atoms with Gasteiger partial charge in [0.1, 0.15) is 6.67 Å². The highest BCUT2D eigenvalue weighted by atomic mass is 15.4. The molecule has 0 atom stereocenters. The summed E-state index contributed by atoms with van der Waals surface area (Å²) >= 11 is 0. The number of guanidine groups is 1. The summed E-state index contributed by atoms with van der Waals surface area (Å²) in [6.45, 7) is 8.44. The van der Waals surface area contributed by atoms with Gasteiger partial charge in [0.15, 0.2) is 5.96 Å². The third kappa shape index (κ3) is 2.86. The zero-order valence-corrected chi connectivity index (χ0v) is 11.8. The van der Waals surface area contributed by atoms with Crippen molar-refractivity contribution in [2.75, 3.05) is 13.1 Å². The number of nitrogens with zero attached hydrogens (tertiary/aromatic N) is 3. The molecule has 5 nitrogen and oxygen atoms in total. The lowest BCUT2D eigenvalue weighted by Crippen LogP contribution is -2.35. The van der Waals surface area contributed by atoms with Crippen molar-refractivity contribution >= 4 is 16.9 Å². The van der Waals surface area contributed by atoms with Crippen LogP contribution in [0, 0.1) is 6.92 Å². The summed E-state index contributed by atoms with van der Waals surface area (Å²) in [5.74, 6) is 0.863. The number of aryl methyl sites for hydroxylation is 1. The Balaban J connectivity index is 0.000000637. The molecule has 0 aliphatic carbocycles. The van der Waals surface area contributed by atoms with Crippen LogP contribution >= 0.6 is 0 Å². The summed E-state index contributed by atoms with van der Waals surface area (Å²) in [6, 6.07) is 8.25. The molecule has 5 heteroatoms. The minimum absolute atomic E-state index is 0.639. The number of nitrogens with one attached hydrogen (secondary N) is 2. The highest BCUT2D eigenvalue weighted by molar-refractivity contribution is 5.83. The molecule has 3 rings (SSSR count). The monoisotopic (exact) mass is 259 g/mol. The number of hydrogen-bond acceptors (Lipinski definition) is 4. The van der Waals surface area contributed by atoms with Crippen molar-refractivity contribution in [1.29, 1.82) is 0 Å². The molecule has 2 heterocycles. The van der Waals surface area contributed by atoms with Gasteiger partial charge >= 0.3 is 0 Å². The number of fused-ring (bicyclic) bond motifs is 1. The molecule has 2 aromatic rings. The van der Waals surface area contributed by atoms with Crippen molar-refractivity contribution in [3.8, 4) is 0 Å². The van der Waals surface area contributed by atoms with E-state index in [-0.39, 0.29) is 0 Å². The Kier molecular flexibility index (Phi) is 4.39. The van der Waals surface area contributed by atoms with E-state index in [0.717, 1.165) is 30.3 Å². The summed E-state index contributed by atoms with van der Waals surface area (Å²) in [4.78, 5) is 4.29. The molecule has 0 spiro atoms. The smallest absolute Gasteiger partial charge is 0.192 e. The van der Waals surface area contributed by atoms with Crippen LogP contribution in [-0.4, -0.2) is 28.8 Å². The second kappa shape index (κ2) is 6.22. The number of para-hydroxylation sites is 1. The second-order valence-electron chi connectivity index (χ2n) is 4.09. The van der Waals surface area contributed by atoms with Crippen LogP contribution in [0.15, 0.2) is 29.3 Å². The zero-order valence-electron chi connectivity index (χ0n) is 11.8. The maximum Gasteiger partial charge on any atom is 0.192 e. The normalized spacial score (nSPS) is 13.5. The highest BCUT2D eigenvalue weighted by Gasteiger charge is 2.08. The lowest BCUT2D eigenvalue weighted by atomic mass is 10.2. The van der Waals surface area contributed by atoms with E-state index in [1.807, 2.05) is 37.6 Å². The summed E-state index contributed by atoms with van der Waals surface area (Å²) in [5.41, 5.74) is 2.21. The van der Waals surface area contributed by atoms with E-state index >= 15 is 0 Å². The molecule has 0 bridgehead atoms. The van der Waals surface area contributed by atoms with Crippen molar-refractivity contribution < 1.29 is 0 Å². The lowest BCUT2D eigenvalue weighted by molar-refractivity contribution is 0.599. The molecule has 0 amide bonds. The molecule has 0 radical (unpaired) electrons. The number of rotatable bonds is 2. The summed E-state index contributed by atoms with van der Waals surface area (Å²) in [5, 5.41) is 12.1. The van der Waals surface area contributed by atoms with Gasteiger partial charge in [-0.25, -0.2) is 4.68 Å². The largest absolute Gasteiger partial charge is 0.355 e. The minimum Gasteiger partial charge on any atom is -0.355 e. The molecule has 1 aliphatic rings. The molecule has 0 unspecified atom stereocenters. The average molecular weight is 259 g/mol. The van der Waals surface area contributed by atoms with Crippen LogP contribution in [0.25, 0.3) is 10.9 Å². The van der Waals surface area contributed by atoms with E-state index in [9.17, 15) is 0 Å². The van der Waals surface area contributed by atoms with Gasteiger partial charge in [0, 0.05) is 11.9 Å². The predicted molar refractivity (Wildman–Crippen MR) is 79.3 cm³/mol. The van der Waals surface area contributed by atoms with E-state index in [0.29, 0.717) is 6.67 Å². The van der Waals surface area contributed by atoms with Crippen LogP contribution in [0.1, 0.15) is 19.5 Å². The molecule has 19 heavy (non-hydrogen) atoms. The zero-order chi connectivity index (χ0) is 13.7. The first-order valence-corrected chi connectivity index (χ1v) is 6.79. The Morgan fingerprint density at radius 2 is 2.11 bits per heavy atom. The van der Waals surface area contributed by atoms with Crippen LogP contribution in [-0.2, 0) is 6.67 Å². The van der Waals surface area contributed by atoms with Crippen molar-refractivity contribution in [3.63, 3.8) is 0 Å². The fraction of sp³-hybridized carbons (Fsp3) is 0.429. The van der Waals surface area contributed by atoms with Crippen LogP contribution in [0.3, 0.4) is 0 Å². The van der Waals surface area contributed by atoms with Gasteiger partial charge in [0.25, 0.3) is 0 Å². The van der Waals surface area contributed by atoms with Gasteiger partial charge in [-0.15, -0.1) is 0 Å². The summed E-state index contributed by atoms with van der Waals surface area (Å²) < 4.78 is 1.97. The van der Waals surface area contributed by atoms with Gasteiger partial charge < -0.3 is 10.6 Å². The third-order valence-electron chi connectivity index (χ3n) is 2.91. The Morgan fingerprint density at radius 1 is 1.32 bits per heavy atom. The van der Waals surface area contributed by atoms with Crippen LogP contribution in [0.4, 0.5) is 0 Å². The fourth-order valence-electron chi connectivity index (χ4n) is 2.08. The fourth-order valence-corrected chi connectivity index (χ4v) is 2.08. The van der Waals surface area contributed by atoms with Gasteiger partial charge in [0.05, 0.1) is 17.8 Å². The van der Waals surface area contributed by atoms with E-state index in [1.165, 1.54) is 5.39 Å². The van der Waals surface area contributed by atoms with Gasteiger partial charge in [-0.05, 0) is 13.0 Å². The molecule has 1 aromatic carbocycles. The van der Waals surface area contributed by atoms with E-state index in [4.69, 9.17) is 0 Å². The number of benzene rings is 1. The number of hydrogen-bond donors (Lipinski definition) is 2. The van der Waals surface area contributed by atoms with Gasteiger partial charge in [-0.1, -0.05) is 32.0 Å². The first-order valence-electron chi connectivity index (χ1n) is 6.79. The molecule has 0 fully saturated rings. The van der Waals surface area contributed by atoms with Crippen molar-refractivity contribution in [2.24, 2.45) is 4.99 Å². The van der Waals surface area contributed by atoms with Crippen molar-refractivity contribution in [1.82, 2.24) is 20.4 Å². The third-order valence-corrected chi connectivity index (χ3v) is 2.91. The maximum atomic E-state index is 4.52. The van der Waals surface area contributed by atoms with Crippen LogP contribution in [0.5, 0.6) is 0 Å². The summed E-state index contributed by atoms with van der Waals surface area (Å²) in [7, 11) is 0. The SMILES string of the molecule is CC.Cc1nn(CNC2=NCCN2)c2ccccc12.